The van der Waals surface area contributed by atoms with Gasteiger partial charge in [0.05, 0.1) is 11.2 Å². The minimum Gasteiger partial charge on any atom is -0.399 e. The van der Waals surface area contributed by atoms with Crippen molar-refractivity contribution in [3.8, 4) is 0 Å². The topological polar surface area (TPSA) is 47.6 Å². The third-order valence-electron chi connectivity index (χ3n) is 5.40. The van der Waals surface area contributed by atoms with Gasteiger partial charge >= 0.3 is 7.12 Å². The fourth-order valence-electron chi connectivity index (χ4n) is 3.20. The maximum absolute atomic E-state index is 14.0. The molecular weight excluding hydrogens is 308 g/mol. The highest BCUT2D eigenvalue weighted by molar-refractivity contribution is 6.62. The molecule has 2 fully saturated rings. The second-order valence-corrected chi connectivity index (χ2v) is 7.82. The van der Waals surface area contributed by atoms with Crippen molar-refractivity contribution in [1.82, 2.24) is 5.32 Å². The number of hydrogen-bond donors (Lipinski definition) is 1. The van der Waals surface area contributed by atoms with Crippen molar-refractivity contribution in [1.29, 1.82) is 0 Å². The van der Waals surface area contributed by atoms with Gasteiger partial charge in [0.15, 0.2) is 0 Å². The summed E-state index contributed by atoms with van der Waals surface area (Å²) in [6.45, 7) is 7.78. The Labute approximate surface area is 143 Å². The van der Waals surface area contributed by atoms with Crippen molar-refractivity contribution in [2.45, 2.75) is 70.6 Å². The first-order valence-electron chi connectivity index (χ1n) is 8.65. The summed E-state index contributed by atoms with van der Waals surface area (Å²) < 4.78 is 26.0. The highest BCUT2D eigenvalue weighted by Gasteiger charge is 2.51. The van der Waals surface area contributed by atoms with E-state index in [-0.39, 0.29) is 11.9 Å². The summed E-state index contributed by atoms with van der Waals surface area (Å²) in [6, 6.07) is 4.49. The van der Waals surface area contributed by atoms with E-state index in [9.17, 15) is 9.18 Å². The molecule has 1 saturated heterocycles. The molecule has 0 spiro atoms. The molecule has 130 valence electrons. The lowest BCUT2D eigenvalue weighted by atomic mass is 9.78. The number of halogens is 1. The van der Waals surface area contributed by atoms with Crippen LogP contribution in [-0.2, 0) is 9.31 Å². The van der Waals surface area contributed by atoms with Gasteiger partial charge in [0, 0.05) is 11.6 Å². The monoisotopic (exact) mass is 333 g/mol. The van der Waals surface area contributed by atoms with E-state index in [2.05, 4.69) is 5.32 Å². The normalized spacial score (nSPS) is 22.8. The van der Waals surface area contributed by atoms with E-state index < -0.39 is 24.1 Å². The van der Waals surface area contributed by atoms with E-state index in [0.717, 1.165) is 25.7 Å². The molecule has 1 heterocycles. The van der Waals surface area contributed by atoms with Crippen LogP contribution < -0.4 is 10.8 Å². The number of hydrogen-bond acceptors (Lipinski definition) is 3. The summed E-state index contributed by atoms with van der Waals surface area (Å²) >= 11 is 0. The van der Waals surface area contributed by atoms with Gasteiger partial charge in [-0.3, -0.25) is 4.79 Å². The summed E-state index contributed by atoms with van der Waals surface area (Å²) in [6.07, 6.45) is 4.25. The van der Waals surface area contributed by atoms with Crippen LogP contribution in [0.1, 0.15) is 63.7 Å². The van der Waals surface area contributed by atoms with E-state index in [1.807, 2.05) is 27.7 Å². The summed E-state index contributed by atoms with van der Waals surface area (Å²) in [5, 5.41) is 2.99. The second kappa shape index (κ2) is 6.15. The van der Waals surface area contributed by atoms with Crippen LogP contribution in [0.4, 0.5) is 4.39 Å². The average molecular weight is 333 g/mol. The van der Waals surface area contributed by atoms with Crippen molar-refractivity contribution in [3.63, 3.8) is 0 Å². The van der Waals surface area contributed by atoms with Crippen LogP contribution in [0.2, 0.25) is 0 Å². The highest BCUT2D eigenvalue weighted by atomic mass is 19.1. The van der Waals surface area contributed by atoms with Crippen LogP contribution in [0.3, 0.4) is 0 Å². The minimum atomic E-state index is -0.677. The quantitative estimate of drug-likeness (QED) is 0.866. The Morgan fingerprint density at radius 1 is 1.12 bits per heavy atom. The van der Waals surface area contributed by atoms with E-state index >= 15 is 0 Å². The molecular formula is C18H25BFNO3. The van der Waals surface area contributed by atoms with Gasteiger partial charge in [-0.15, -0.1) is 0 Å². The molecule has 1 aromatic rings. The molecule has 6 heteroatoms. The fraction of sp³-hybridized carbons (Fsp3) is 0.611. The van der Waals surface area contributed by atoms with Crippen LogP contribution >= 0.6 is 0 Å². The van der Waals surface area contributed by atoms with Crippen LogP contribution in [0, 0.1) is 5.82 Å². The van der Waals surface area contributed by atoms with Crippen LogP contribution in [0.15, 0.2) is 18.2 Å². The maximum Gasteiger partial charge on any atom is 0.494 e. The van der Waals surface area contributed by atoms with Gasteiger partial charge in [0.25, 0.3) is 5.91 Å². The number of nitrogens with one attached hydrogen (secondary N) is 1. The molecule has 1 saturated carbocycles. The zero-order valence-electron chi connectivity index (χ0n) is 14.8. The van der Waals surface area contributed by atoms with Gasteiger partial charge in [0.2, 0.25) is 0 Å². The van der Waals surface area contributed by atoms with Gasteiger partial charge in [-0.25, -0.2) is 4.39 Å². The van der Waals surface area contributed by atoms with Crippen molar-refractivity contribution in [2.24, 2.45) is 0 Å². The Bertz CT molecular complexity index is 625. The number of carbonyl (C=O) groups is 1. The van der Waals surface area contributed by atoms with Crippen LogP contribution in [-0.4, -0.2) is 30.3 Å². The highest BCUT2D eigenvalue weighted by Crippen LogP contribution is 2.36. The van der Waals surface area contributed by atoms with Gasteiger partial charge in [0.1, 0.15) is 5.82 Å². The molecule has 24 heavy (non-hydrogen) atoms. The number of benzene rings is 1. The lowest BCUT2D eigenvalue weighted by molar-refractivity contribution is 0.00578. The first-order chi connectivity index (χ1) is 11.2. The van der Waals surface area contributed by atoms with Crippen molar-refractivity contribution in [2.75, 3.05) is 0 Å². The molecule has 0 unspecified atom stereocenters. The smallest absolute Gasteiger partial charge is 0.399 e. The lowest BCUT2D eigenvalue weighted by Gasteiger charge is -2.32. The Morgan fingerprint density at radius 3 is 2.29 bits per heavy atom. The van der Waals surface area contributed by atoms with Gasteiger partial charge < -0.3 is 14.6 Å². The summed E-state index contributed by atoms with van der Waals surface area (Å²) in [5.41, 5.74) is -0.163. The van der Waals surface area contributed by atoms with Crippen molar-refractivity contribution < 1.29 is 18.5 Å². The standard InChI is InChI=1S/C18H25BFNO3/c1-17(2)18(3,4)24-19(23-17)13-9-12(10-14(20)11-13)16(22)21-15-7-5-6-8-15/h9-11,15H,5-8H2,1-4H3,(H,21,22). The van der Waals surface area contributed by atoms with Crippen molar-refractivity contribution in [3.05, 3.63) is 29.6 Å². The molecule has 1 aromatic carbocycles. The van der Waals surface area contributed by atoms with Gasteiger partial charge in [-0.2, -0.15) is 0 Å². The van der Waals surface area contributed by atoms with Gasteiger partial charge in [-0.05, 0) is 64.2 Å². The Balaban J connectivity index is 1.80. The zero-order chi connectivity index (χ0) is 17.5. The van der Waals surface area contributed by atoms with E-state index in [1.54, 1.807) is 6.07 Å². The number of amides is 1. The predicted molar refractivity (Wildman–Crippen MR) is 91.8 cm³/mol. The third-order valence-corrected chi connectivity index (χ3v) is 5.40. The van der Waals surface area contributed by atoms with Crippen LogP contribution in [0.5, 0.6) is 0 Å². The average Bonchev–Trinajstić information content (AvgIpc) is 3.05. The minimum absolute atomic E-state index is 0.195. The largest absolute Gasteiger partial charge is 0.494 e. The summed E-state index contributed by atoms with van der Waals surface area (Å²) in [7, 11) is -0.677. The number of carbonyl (C=O) groups excluding carboxylic acids is 1. The Hall–Kier alpha value is -1.40. The molecule has 4 nitrogen and oxygen atoms in total. The molecule has 0 aromatic heterocycles. The second-order valence-electron chi connectivity index (χ2n) is 7.82. The molecule has 1 amide bonds. The predicted octanol–water partition coefficient (Wildman–Crippen LogP) is 2.80. The molecule has 0 bridgehead atoms. The molecule has 3 rings (SSSR count). The number of rotatable bonds is 3. The molecule has 1 aliphatic heterocycles. The fourth-order valence-corrected chi connectivity index (χ4v) is 3.20. The first-order valence-corrected chi connectivity index (χ1v) is 8.65. The lowest BCUT2D eigenvalue weighted by Crippen LogP contribution is -2.41. The van der Waals surface area contributed by atoms with Crippen LogP contribution in [0.25, 0.3) is 0 Å². The molecule has 2 aliphatic rings. The molecule has 0 radical (unpaired) electrons. The Morgan fingerprint density at radius 2 is 1.71 bits per heavy atom. The first kappa shape index (κ1) is 17.4. The third kappa shape index (κ3) is 3.35. The molecule has 1 N–H and O–H groups in total. The van der Waals surface area contributed by atoms with E-state index in [1.165, 1.54) is 12.1 Å². The molecule has 1 aliphatic carbocycles. The van der Waals surface area contributed by atoms with E-state index in [4.69, 9.17) is 9.31 Å². The van der Waals surface area contributed by atoms with Crippen molar-refractivity contribution >= 4 is 18.5 Å². The summed E-state index contributed by atoms with van der Waals surface area (Å²) in [5.74, 6) is -0.696. The SMILES string of the molecule is CC1(C)OB(c2cc(F)cc(C(=O)NC3CCCC3)c2)OC1(C)C. The zero-order valence-corrected chi connectivity index (χ0v) is 14.8. The van der Waals surface area contributed by atoms with Gasteiger partial charge in [-0.1, -0.05) is 12.8 Å². The maximum atomic E-state index is 14.0. The Kier molecular flexibility index (Phi) is 4.47. The van der Waals surface area contributed by atoms with E-state index in [0.29, 0.717) is 11.0 Å². The molecule has 0 atom stereocenters. The summed E-state index contributed by atoms with van der Waals surface area (Å²) in [4.78, 5) is 12.4.